The number of oxazole rings is 2. The van der Waals surface area contributed by atoms with Crippen LogP contribution in [0.15, 0.2) is 209 Å². The third-order valence-corrected chi connectivity index (χ3v) is 12.1. The van der Waals surface area contributed by atoms with E-state index < -0.39 is 0 Å². The standard InChI is InChI=1S/C56H33N5O2/c1-2-12-37-31-38(20-19-34(37)9-1)39-23-25-45-40(32-39)21-22-41-33-42(24-26-46(41)45)61(51-29-27-49-53(57-51)59-55(62-49)47-17-7-13-35-10-3-5-15-43(35)47)52-30-28-50-54(58-52)60-56(63-50)48-18-8-14-36-11-4-6-16-44(36)48/h1-33H. The highest BCUT2D eigenvalue weighted by atomic mass is 16.4. The van der Waals surface area contributed by atoms with Gasteiger partial charge in [0, 0.05) is 16.8 Å². The van der Waals surface area contributed by atoms with E-state index in [0.717, 1.165) is 49.1 Å². The van der Waals surface area contributed by atoms with E-state index in [0.29, 0.717) is 45.9 Å². The molecule has 0 fully saturated rings. The first-order chi connectivity index (χ1) is 31.2. The van der Waals surface area contributed by atoms with Crippen molar-refractivity contribution in [2.45, 2.75) is 0 Å². The predicted molar refractivity (Wildman–Crippen MR) is 256 cm³/mol. The largest absolute Gasteiger partial charge is 0.434 e. The Bertz CT molecular complexity index is 3790. The van der Waals surface area contributed by atoms with E-state index >= 15 is 0 Å². The zero-order chi connectivity index (χ0) is 41.4. The topological polar surface area (TPSA) is 81.1 Å². The normalized spacial score (nSPS) is 11.8. The summed E-state index contributed by atoms with van der Waals surface area (Å²) < 4.78 is 12.7. The first kappa shape index (κ1) is 35.1. The quantitative estimate of drug-likeness (QED) is 0.155. The van der Waals surface area contributed by atoms with E-state index in [4.69, 9.17) is 28.8 Å². The summed E-state index contributed by atoms with van der Waals surface area (Å²) >= 11 is 0. The average molecular weight is 808 g/mol. The maximum atomic E-state index is 6.37. The molecule has 7 nitrogen and oxygen atoms in total. The smallest absolute Gasteiger partial charge is 0.229 e. The summed E-state index contributed by atoms with van der Waals surface area (Å²) in [5.41, 5.74) is 7.26. The molecule has 0 N–H and O–H groups in total. The number of anilines is 3. The molecule has 63 heavy (non-hydrogen) atoms. The Labute approximate surface area is 360 Å². The second-order valence-corrected chi connectivity index (χ2v) is 15.9. The molecule has 294 valence electrons. The van der Waals surface area contributed by atoms with Crippen molar-refractivity contribution in [1.29, 1.82) is 0 Å². The van der Waals surface area contributed by atoms with Crippen molar-refractivity contribution < 1.29 is 8.83 Å². The van der Waals surface area contributed by atoms with Gasteiger partial charge in [-0.05, 0) is 126 Å². The fourth-order valence-corrected chi connectivity index (χ4v) is 9.05. The first-order valence-corrected chi connectivity index (χ1v) is 20.9. The lowest BCUT2D eigenvalue weighted by atomic mass is 9.96. The molecule has 13 rings (SSSR count). The van der Waals surface area contributed by atoms with Gasteiger partial charge in [-0.25, -0.2) is 9.97 Å². The predicted octanol–water partition coefficient (Wildman–Crippen LogP) is 15.0. The Morgan fingerprint density at radius 1 is 0.317 bits per heavy atom. The molecule has 0 amide bonds. The molecule has 0 radical (unpaired) electrons. The summed E-state index contributed by atoms with van der Waals surface area (Å²) in [5.74, 6) is 2.29. The van der Waals surface area contributed by atoms with Crippen molar-refractivity contribution in [1.82, 2.24) is 19.9 Å². The van der Waals surface area contributed by atoms with Gasteiger partial charge >= 0.3 is 0 Å². The average Bonchev–Trinajstić information content (AvgIpc) is 3.97. The van der Waals surface area contributed by atoms with Gasteiger partial charge in [0.25, 0.3) is 0 Å². The fraction of sp³-hybridized carbons (Fsp3) is 0. The van der Waals surface area contributed by atoms with Gasteiger partial charge in [0.1, 0.15) is 11.6 Å². The molecule has 7 heteroatoms. The van der Waals surface area contributed by atoms with Gasteiger partial charge in [-0.3, -0.25) is 4.90 Å². The monoisotopic (exact) mass is 807 g/mol. The number of rotatable bonds is 6. The summed E-state index contributed by atoms with van der Waals surface area (Å²) in [6.45, 7) is 0. The number of nitrogens with zero attached hydrogens (tertiary/aromatic N) is 5. The zero-order valence-corrected chi connectivity index (χ0v) is 33.6. The Hall–Kier alpha value is -8.68. The number of hydrogen-bond donors (Lipinski definition) is 0. The maximum absolute atomic E-state index is 6.37. The zero-order valence-electron chi connectivity index (χ0n) is 33.6. The highest BCUT2D eigenvalue weighted by Gasteiger charge is 2.22. The molecule has 4 heterocycles. The van der Waals surface area contributed by atoms with Gasteiger partial charge in [0.15, 0.2) is 11.2 Å². The summed E-state index contributed by atoms with van der Waals surface area (Å²) in [7, 11) is 0. The lowest BCUT2D eigenvalue weighted by Crippen LogP contribution is -2.13. The van der Waals surface area contributed by atoms with Gasteiger partial charge in [-0.15, -0.1) is 0 Å². The first-order valence-electron chi connectivity index (χ1n) is 20.9. The lowest BCUT2D eigenvalue weighted by Gasteiger charge is -2.23. The summed E-state index contributed by atoms with van der Waals surface area (Å²) in [6.07, 6.45) is 0. The molecule has 0 unspecified atom stereocenters. The van der Waals surface area contributed by atoms with Gasteiger partial charge in [0.2, 0.25) is 23.1 Å². The third kappa shape index (κ3) is 5.90. The number of fused-ring (bicyclic) bond motifs is 8. The summed E-state index contributed by atoms with van der Waals surface area (Å²) in [4.78, 5) is 22.2. The van der Waals surface area contributed by atoms with E-state index in [1.807, 2.05) is 77.7 Å². The van der Waals surface area contributed by atoms with Crippen LogP contribution >= 0.6 is 0 Å². The van der Waals surface area contributed by atoms with E-state index in [1.165, 1.54) is 32.7 Å². The van der Waals surface area contributed by atoms with Crippen LogP contribution < -0.4 is 4.90 Å². The van der Waals surface area contributed by atoms with E-state index in [9.17, 15) is 0 Å². The Balaban J connectivity index is 0.939. The molecule has 0 aliphatic rings. The Morgan fingerprint density at radius 2 is 0.794 bits per heavy atom. The van der Waals surface area contributed by atoms with Crippen LogP contribution in [0.1, 0.15) is 0 Å². The molecule has 0 spiro atoms. The number of aromatic nitrogens is 4. The van der Waals surface area contributed by atoms with Gasteiger partial charge < -0.3 is 8.83 Å². The Morgan fingerprint density at radius 3 is 1.41 bits per heavy atom. The van der Waals surface area contributed by atoms with Crippen LogP contribution in [0.5, 0.6) is 0 Å². The molecular weight excluding hydrogens is 775 g/mol. The van der Waals surface area contributed by atoms with Crippen molar-refractivity contribution in [3.63, 3.8) is 0 Å². The second-order valence-electron chi connectivity index (χ2n) is 15.9. The lowest BCUT2D eigenvalue weighted by molar-refractivity contribution is 0.620. The van der Waals surface area contributed by atoms with Crippen LogP contribution in [-0.4, -0.2) is 19.9 Å². The fourth-order valence-electron chi connectivity index (χ4n) is 9.05. The van der Waals surface area contributed by atoms with E-state index in [1.54, 1.807) is 0 Å². The van der Waals surface area contributed by atoms with Crippen LogP contribution in [0.25, 0.3) is 110 Å². The van der Waals surface area contributed by atoms with Gasteiger partial charge in [-0.2, -0.15) is 9.97 Å². The van der Waals surface area contributed by atoms with Crippen LogP contribution in [0, 0.1) is 0 Å². The van der Waals surface area contributed by atoms with Crippen molar-refractivity contribution in [3.8, 4) is 34.0 Å². The molecule has 0 aliphatic carbocycles. The second kappa shape index (κ2) is 13.9. The van der Waals surface area contributed by atoms with Crippen molar-refractivity contribution in [3.05, 3.63) is 200 Å². The maximum Gasteiger partial charge on any atom is 0.229 e. The summed E-state index contributed by atoms with van der Waals surface area (Å²) in [6, 6.07) is 69.4. The minimum Gasteiger partial charge on any atom is -0.434 e. The molecule has 0 bridgehead atoms. The molecule has 9 aromatic carbocycles. The molecule has 13 aromatic rings. The Kier molecular flexibility index (Phi) is 7.77. The number of hydrogen-bond acceptors (Lipinski definition) is 7. The highest BCUT2D eigenvalue weighted by molar-refractivity contribution is 6.10. The SMILES string of the molecule is c1ccc2cc(-c3ccc4c(ccc5cc(N(c6ccc7oc(-c8cccc9ccccc89)nc7n6)c6ccc7oc(-c8cccc9ccccc89)nc7n6)ccc54)c3)ccc2c1. The summed E-state index contributed by atoms with van der Waals surface area (Å²) in [5, 5.41) is 11.4. The molecule has 0 aliphatic heterocycles. The van der Waals surface area contributed by atoms with Gasteiger partial charge in [-0.1, -0.05) is 140 Å². The van der Waals surface area contributed by atoms with Crippen molar-refractivity contribution in [2.75, 3.05) is 4.90 Å². The van der Waals surface area contributed by atoms with Crippen LogP contribution in [0.3, 0.4) is 0 Å². The molecule has 0 saturated heterocycles. The number of benzene rings is 9. The minimum atomic E-state index is 0.496. The minimum absolute atomic E-state index is 0.496. The van der Waals surface area contributed by atoms with Crippen LogP contribution in [0.4, 0.5) is 17.3 Å². The number of pyridine rings is 2. The molecule has 0 saturated carbocycles. The van der Waals surface area contributed by atoms with Crippen LogP contribution in [0.2, 0.25) is 0 Å². The van der Waals surface area contributed by atoms with E-state index in [2.05, 4.69) is 127 Å². The van der Waals surface area contributed by atoms with Crippen molar-refractivity contribution >= 4 is 93.6 Å². The molecule has 0 atom stereocenters. The highest BCUT2D eigenvalue weighted by Crippen LogP contribution is 2.40. The van der Waals surface area contributed by atoms with Crippen molar-refractivity contribution in [2.24, 2.45) is 0 Å². The van der Waals surface area contributed by atoms with E-state index in [-0.39, 0.29) is 0 Å². The van der Waals surface area contributed by atoms with Gasteiger partial charge in [0.05, 0.1) is 0 Å². The molecular formula is C56H33N5O2. The third-order valence-electron chi connectivity index (χ3n) is 12.1. The molecule has 4 aromatic heterocycles. The van der Waals surface area contributed by atoms with Crippen LogP contribution in [-0.2, 0) is 0 Å².